The molecule has 1 aliphatic carbocycles. The van der Waals surface area contributed by atoms with Crippen LogP contribution < -0.4 is 5.32 Å². The predicted molar refractivity (Wildman–Crippen MR) is 133 cm³/mol. The Balaban J connectivity index is 1.43. The minimum absolute atomic E-state index is 0.156. The molecule has 0 spiro atoms. The Hall–Kier alpha value is -1.59. The lowest BCUT2D eigenvalue weighted by molar-refractivity contribution is 0.265. The maximum atomic E-state index is 14.6. The van der Waals surface area contributed by atoms with Crippen molar-refractivity contribution >= 4 is 8.25 Å². The molecule has 0 radical (unpaired) electrons. The third-order valence-electron chi connectivity index (χ3n) is 7.05. The summed E-state index contributed by atoms with van der Waals surface area (Å²) in [6.07, 6.45) is 11.6. The summed E-state index contributed by atoms with van der Waals surface area (Å²) in [5, 5.41) is 3.01. The molecule has 1 atom stereocenters. The predicted octanol–water partition coefficient (Wildman–Crippen LogP) is 6.85. The summed E-state index contributed by atoms with van der Waals surface area (Å²) in [6.45, 7) is 0.852. The molecule has 3 rings (SSSR count). The van der Waals surface area contributed by atoms with E-state index >= 15 is 0 Å². The van der Waals surface area contributed by atoms with Crippen LogP contribution in [0.25, 0.3) is 0 Å². The number of benzene rings is 2. The van der Waals surface area contributed by atoms with Gasteiger partial charge in [-0.3, -0.25) is 4.57 Å². The SMILES string of the molecule is O=[PH](O)OCCCNCc1cc(F)c(CCCCCC2(c3ccccc3)CCCCC2)cc1F. The van der Waals surface area contributed by atoms with Crippen LogP contribution in [0, 0.1) is 11.6 Å². The van der Waals surface area contributed by atoms with Crippen LogP contribution in [0.15, 0.2) is 42.5 Å². The van der Waals surface area contributed by atoms with Crippen molar-refractivity contribution in [2.24, 2.45) is 0 Å². The first-order chi connectivity index (χ1) is 16.5. The third kappa shape index (κ3) is 8.27. The van der Waals surface area contributed by atoms with E-state index in [0.29, 0.717) is 30.5 Å². The van der Waals surface area contributed by atoms with Gasteiger partial charge in [-0.1, -0.05) is 62.4 Å². The molecule has 0 aliphatic heterocycles. The number of halogens is 2. The second kappa shape index (κ2) is 14.1. The summed E-state index contributed by atoms with van der Waals surface area (Å²) in [6, 6.07) is 13.5. The van der Waals surface area contributed by atoms with Crippen molar-refractivity contribution in [3.63, 3.8) is 0 Å². The van der Waals surface area contributed by atoms with Crippen molar-refractivity contribution in [1.29, 1.82) is 0 Å². The van der Waals surface area contributed by atoms with E-state index in [0.717, 1.165) is 19.3 Å². The van der Waals surface area contributed by atoms with Gasteiger partial charge in [-0.2, -0.15) is 0 Å². The van der Waals surface area contributed by atoms with Crippen LogP contribution in [0.1, 0.15) is 80.9 Å². The van der Waals surface area contributed by atoms with Gasteiger partial charge in [0.05, 0.1) is 6.61 Å². The molecule has 2 aromatic rings. The lowest BCUT2D eigenvalue weighted by atomic mass is 9.66. The van der Waals surface area contributed by atoms with E-state index in [9.17, 15) is 13.3 Å². The van der Waals surface area contributed by atoms with Gasteiger partial charge >= 0.3 is 8.25 Å². The van der Waals surface area contributed by atoms with E-state index in [4.69, 9.17) is 4.89 Å². The number of hydrogen-bond acceptors (Lipinski definition) is 3. The molecular weight excluding hydrogens is 455 g/mol. The number of unbranched alkanes of at least 4 members (excludes halogenated alkanes) is 2. The fraction of sp³-hybridized carbons (Fsp3) is 0.556. The molecule has 7 heteroatoms. The molecule has 188 valence electrons. The van der Waals surface area contributed by atoms with Gasteiger partial charge in [0.2, 0.25) is 0 Å². The van der Waals surface area contributed by atoms with Crippen LogP contribution in [0.2, 0.25) is 0 Å². The first-order valence-electron chi connectivity index (χ1n) is 12.6. The van der Waals surface area contributed by atoms with Crippen molar-refractivity contribution < 1.29 is 22.8 Å². The maximum Gasteiger partial charge on any atom is 0.316 e. The minimum atomic E-state index is -2.91. The van der Waals surface area contributed by atoms with Crippen molar-refractivity contribution in [1.82, 2.24) is 5.32 Å². The summed E-state index contributed by atoms with van der Waals surface area (Å²) < 4.78 is 44.1. The van der Waals surface area contributed by atoms with Crippen LogP contribution in [-0.2, 0) is 27.5 Å². The average Bonchev–Trinajstić information content (AvgIpc) is 2.84. The standard InChI is InChI=1S/C27H38F2NO3P/c28-25-20-23(21-30-17-10-18-33-34(31)32)26(29)19-22(25)11-4-2-7-14-27(15-8-3-9-16-27)24-12-5-1-6-13-24/h1,5-6,12-13,19-20,30,34H,2-4,7-11,14-18,21H2,(H,31,32). The Kier molecular flexibility index (Phi) is 11.2. The largest absolute Gasteiger partial charge is 0.326 e. The topological polar surface area (TPSA) is 58.6 Å². The molecule has 0 aromatic heterocycles. The Morgan fingerprint density at radius 3 is 2.38 bits per heavy atom. The number of nitrogens with one attached hydrogen (secondary N) is 1. The highest BCUT2D eigenvalue weighted by Crippen LogP contribution is 2.43. The first kappa shape index (κ1) is 27.0. The van der Waals surface area contributed by atoms with Crippen molar-refractivity contribution in [2.75, 3.05) is 13.2 Å². The summed E-state index contributed by atoms with van der Waals surface area (Å²) in [5.74, 6) is -0.751. The Labute approximate surface area is 203 Å². The van der Waals surface area contributed by atoms with Gasteiger partial charge in [0.15, 0.2) is 0 Å². The van der Waals surface area contributed by atoms with Crippen LogP contribution in [0.3, 0.4) is 0 Å². The molecule has 2 aromatic carbocycles. The molecule has 0 amide bonds. The zero-order valence-electron chi connectivity index (χ0n) is 20.0. The van der Waals surface area contributed by atoms with E-state index in [1.165, 1.54) is 56.2 Å². The highest BCUT2D eigenvalue weighted by molar-refractivity contribution is 7.32. The highest BCUT2D eigenvalue weighted by Gasteiger charge is 2.32. The van der Waals surface area contributed by atoms with Gasteiger partial charge < -0.3 is 14.7 Å². The van der Waals surface area contributed by atoms with E-state index in [2.05, 4.69) is 40.2 Å². The molecule has 2 N–H and O–H groups in total. The second-order valence-electron chi connectivity index (χ2n) is 9.45. The van der Waals surface area contributed by atoms with E-state index in [-0.39, 0.29) is 24.4 Å². The van der Waals surface area contributed by atoms with Gasteiger partial charge in [0, 0.05) is 12.1 Å². The molecule has 1 saturated carbocycles. The summed E-state index contributed by atoms with van der Waals surface area (Å²) in [5.41, 5.74) is 2.48. The lowest BCUT2D eigenvalue weighted by Crippen LogP contribution is -2.29. The number of hydrogen-bond donors (Lipinski definition) is 2. The fourth-order valence-corrected chi connectivity index (χ4v) is 5.51. The van der Waals surface area contributed by atoms with E-state index in [1.54, 1.807) is 0 Å². The minimum Gasteiger partial charge on any atom is -0.326 e. The third-order valence-corrected chi connectivity index (χ3v) is 7.50. The normalized spacial score (nSPS) is 16.4. The van der Waals surface area contributed by atoms with Crippen molar-refractivity contribution in [3.05, 3.63) is 70.8 Å². The maximum absolute atomic E-state index is 14.6. The smallest absolute Gasteiger partial charge is 0.316 e. The molecular formula is C27H38F2NO3P. The van der Waals surface area contributed by atoms with E-state index in [1.807, 2.05) is 0 Å². The van der Waals surface area contributed by atoms with Gasteiger partial charge in [0.25, 0.3) is 0 Å². The van der Waals surface area contributed by atoms with Gasteiger partial charge in [-0.15, -0.1) is 0 Å². The molecule has 1 unspecified atom stereocenters. The molecule has 0 heterocycles. The van der Waals surface area contributed by atoms with Crippen LogP contribution in [0.4, 0.5) is 8.78 Å². The fourth-order valence-electron chi connectivity index (χ4n) is 5.19. The zero-order chi connectivity index (χ0) is 24.2. The molecule has 4 nitrogen and oxygen atoms in total. The molecule has 34 heavy (non-hydrogen) atoms. The van der Waals surface area contributed by atoms with Gasteiger partial charge in [-0.05, 0) is 73.7 Å². The average molecular weight is 494 g/mol. The van der Waals surface area contributed by atoms with Crippen molar-refractivity contribution in [2.45, 2.75) is 82.6 Å². The summed E-state index contributed by atoms with van der Waals surface area (Å²) >= 11 is 0. The number of rotatable bonds is 14. The number of aryl methyl sites for hydroxylation is 1. The summed E-state index contributed by atoms with van der Waals surface area (Å²) in [7, 11) is -2.91. The first-order valence-corrected chi connectivity index (χ1v) is 13.9. The van der Waals surface area contributed by atoms with E-state index < -0.39 is 14.1 Å². The molecule has 1 aliphatic rings. The van der Waals surface area contributed by atoms with Crippen LogP contribution in [0.5, 0.6) is 0 Å². The Morgan fingerprint density at radius 1 is 0.941 bits per heavy atom. The van der Waals surface area contributed by atoms with Gasteiger partial charge in [0.1, 0.15) is 11.6 Å². The van der Waals surface area contributed by atoms with Crippen LogP contribution >= 0.6 is 8.25 Å². The van der Waals surface area contributed by atoms with Crippen molar-refractivity contribution in [3.8, 4) is 0 Å². The zero-order valence-corrected chi connectivity index (χ0v) is 21.0. The Bertz CT molecular complexity index is 904. The van der Waals surface area contributed by atoms with Gasteiger partial charge in [-0.25, -0.2) is 8.78 Å². The molecule has 0 saturated heterocycles. The lowest BCUT2D eigenvalue weighted by Gasteiger charge is -2.38. The van der Waals surface area contributed by atoms with Crippen LogP contribution in [-0.4, -0.2) is 18.0 Å². The summed E-state index contributed by atoms with van der Waals surface area (Å²) in [4.78, 5) is 8.60. The quantitative estimate of drug-likeness (QED) is 0.223. The molecule has 0 bridgehead atoms. The monoisotopic (exact) mass is 493 g/mol. The highest BCUT2D eigenvalue weighted by atomic mass is 31.1. The second-order valence-corrected chi connectivity index (χ2v) is 10.3. The molecule has 1 fully saturated rings. The Morgan fingerprint density at radius 2 is 1.65 bits per heavy atom.